The maximum absolute atomic E-state index is 13.4. The Bertz CT molecular complexity index is 795. The van der Waals surface area contributed by atoms with Crippen LogP contribution in [-0.4, -0.2) is 27.2 Å². The zero-order chi connectivity index (χ0) is 20.0. The minimum Gasteiger partial charge on any atom is -0.497 e. The molecule has 0 saturated heterocycles. The molecular weight excluding hydrogens is 354 g/mol. The van der Waals surface area contributed by atoms with E-state index in [9.17, 15) is 4.79 Å². The first-order valence-electron chi connectivity index (χ1n) is 9.76. The minimum atomic E-state index is -0.482. The molecule has 1 fully saturated rings. The van der Waals surface area contributed by atoms with Crippen molar-refractivity contribution >= 4 is 5.91 Å². The van der Waals surface area contributed by atoms with E-state index in [0.717, 1.165) is 48.3 Å². The summed E-state index contributed by atoms with van der Waals surface area (Å²) >= 11 is 0. The Morgan fingerprint density at radius 1 is 0.893 bits per heavy atom. The fraction of sp³-hybridized carbons (Fsp3) is 0.435. The van der Waals surface area contributed by atoms with E-state index < -0.39 is 5.41 Å². The van der Waals surface area contributed by atoms with Crippen molar-refractivity contribution in [3.63, 3.8) is 0 Å². The average Bonchev–Trinajstić information content (AvgIpc) is 2.77. The molecule has 0 aliphatic heterocycles. The molecular formula is C23H29NO4. The van der Waals surface area contributed by atoms with Gasteiger partial charge in [-0.05, 0) is 42.7 Å². The third-order valence-electron chi connectivity index (χ3n) is 5.72. The third kappa shape index (κ3) is 4.08. The summed E-state index contributed by atoms with van der Waals surface area (Å²) in [6, 6.07) is 13.6. The molecule has 0 heterocycles. The highest BCUT2D eigenvalue weighted by molar-refractivity contribution is 5.88. The first-order chi connectivity index (χ1) is 13.6. The lowest BCUT2D eigenvalue weighted by molar-refractivity contribution is -0.128. The fourth-order valence-corrected chi connectivity index (χ4v) is 4.05. The zero-order valence-corrected chi connectivity index (χ0v) is 16.9. The van der Waals surface area contributed by atoms with Crippen LogP contribution in [0.5, 0.6) is 17.2 Å². The van der Waals surface area contributed by atoms with Crippen molar-refractivity contribution < 1.29 is 19.0 Å². The number of carbonyl (C=O) groups excluding carboxylic acids is 1. The molecule has 0 radical (unpaired) electrons. The molecule has 0 bridgehead atoms. The third-order valence-corrected chi connectivity index (χ3v) is 5.72. The van der Waals surface area contributed by atoms with Gasteiger partial charge in [-0.1, -0.05) is 31.4 Å². The van der Waals surface area contributed by atoms with Gasteiger partial charge in [-0.15, -0.1) is 0 Å². The number of hydrogen-bond acceptors (Lipinski definition) is 4. The molecule has 1 amide bonds. The van der Waals surface area contributed by atoms with Crippen LogP contribution in [0.25, 0.3) is 0 Å². The van der Waals surface area contributed by atoms with Crippen molar-refractivity contribution in [1.82, 2.24) is 5.32 Å². The molecule has 0 unspecified atom stereocenters. The van der Waals surface area contributed by atoms with Crippen molar-refractivity contribution in [1.29, 1.82) is 0 Å². The van der Waals surface area contributed by atoms with Gasteiger partial charge in [-0.25, -0.2) is 0 Å². The van der Waals surface area contributed by atoms with E-state index in [-0.39, 0.29) is 5.91 Å². The fourth-order valence-electron chi connectivity index (χ4n) is 4.05. The Morgan fingerprint density at radius 3 is 2.14 bits per heavy atom. The second kappa shape index (κ2) is 9.00. The molecule has 5 heteroatoms. The van der Waals surface area contributed by atoms with Gasteiger partial charge in [0.2, 0.25) is 5.91 Å². The van der Waals surface area contributed by atoms with E-state index >= 15 is 0 Å². The first kappa shape index (κ1) is 20.1. The molecule has 0 atom stereocenters. The summed E-state index contributed by atoms with van der Waals surface area (Å²) in [6.07, 6.45) is 5.03. The molecule has 1 N–H and O–H groups in total. The number of rotatable bonds is 7. The van der Waals surface area contributed by atoms with Crippen LogP contribution in [-0.2, 0) is 16.8 Å². The summed E-state index contributed by atoms with van der Waals surface area (Å²) in [5.74, 6) is 2.32. The quantitative estimate of drug-likeness (QED) is 0.777. The summed E-state index contributed by atoms with van der Waals surface area (Å²) in [5.41, 5.74) is 1.51. The number of benzene rings is 2. The highest BCUT2D eigenvalue weighted by Crippen LogP contribution is 2.40. The lowest BCUT2D eigenvalue weighted by atomic mass is 9.68. The summed E-state index contributed by atoms with van der Waals surface area (Å²) in [5, 5.41) is 3.16. The molecule has 150 valence electrons. The highest BCUT2D eigenvalue weighted by Gasteiger charge is 2.41. The number of ether oxygens (including phenoxy) is 3. The molecule has 0 aromatic heterocycles. The van der Waals surface area contributed by atoms with Crippen LogP contribution in [0.2, 0.25) is 0 Å². The summed E-state index contributed by atoms with van der Waals surface area (Å²) in [7, 11) is 4.90. The Balaban J connectivity index is 1.80. The topological polar surface area (TPSA) is 56.8 Å². The van der Waals surface area contributed by atoms with E-state index in [2.05, 4.69) is 5.32 Å². The van der Waals surface area contributed by atoms with Gasteiger partial charge in [-0.3, -0.25) is 4.79 Å². The Kier molecular flexibility index (Phi) is 6.45. The summed E-state index contributed by atoms with van der Waals surface area (Å²) in [4.78, 5) is 13.4. The number of nitrogens with one attached hydrogen (secondary N) is 1. The second-order valence-electron chi connectivity index (χ2n) is 7.23. The highest BCUT2D eigenvalue weighted by atomic mass is 16.5. The predicted octanol–water partition coefficient (Wildman–Crippen LogP) is 4.23. The van der Waals surface area contributed by atoms with Crippen LogP contribution in [0.1, 0.15) is 43.2 Å². The summed E-state index contributed by atoms with van der Waals surface area (Å²) in [6.45, 7) is 0.421. The van der Waals surface area contributed by atoms with Crippen molar-refractivity contribution in [3.8, 4) is 17.2 Å². The SMILES string of the molecule is COc1ccc(C2(C(=O)NCc3ccc(OC)cc3OC)CCCCC2)cc1. The lowest BCUT2D eigenvalue weighted by Crippen LogP contribution is -2.45. The Labute approximate surface area is 167 Å². The molecule has 1 aliphatic rings. The van der Waals surface area contributed by atoms with Crippen molar-refractivity contribution in [2.75, 3.05) is 21.3 Å². The van der Waals surface area contributed by atoms with Crippen LogP contribution in [0.15, 0.2) is 42.5 Å². The van der Waals surface area contributed by atoms with Gasteiger partial charge in [0.15, 0.2) is 0 Å². The van der Waals surface area contributed by atoms with Gasteiger partial charge in [-0.2, -0.15) is 0 Å². The van der Waals surface area contributed by atoms with Gasteiger partial charge in [0.25, 0.3) is 0 Å². The normalized spacial score (nSPS) is 15.5. The van der Waals surface area contributed by atoms with Gasteiger partial charge in [0.05, 0.1) is 26.7 Å². The van der Waals surface area contributed by atoms with E-state index in [4.69, 9.17) is 14.2 Å². The van der Waals surface area contributed by atoms with Gasteiger partial charge < -0.3 is 19.5 Å². The average molecular weight is 383 g/mol. The van der Waals surface area contributed by atoms with Crippen LogP contribution >= 0.6 is 0 Å². The Morgan fingerprint density at radius 2 is 1.54 bits per heavy atom. The molecule has 2 aromatic carbocycles. The van der Waals surface area contributed by atoms with E-state index in [1.54, 1.807) is 21.3 Å². The van der Waals surface area contributed by atoms with E-state index in [0.29, 0.717) is 12.3 Å². The molecule has 2 aromatic rings. The largest absolute Gasteiger partial charge is 0.497 e. The standard InChI is InChI=1S/C23H29NO4/c1-26-19-11-8-18(9-12-19)23(13-5-4-6-14-23)22(25)24-16-17-7-10-20(27-2)15-21(17)28-3/h7-12,15H,4-6,13-14,16H2,1-3H3,(H,24,25). The van der Waals surface area contributed by atoms with E-state index in [1.807, 2.05) is 42.5 Å². The maximum Gasteiger partial charge on any atom is 0.230 e. The van der Waals surface area contributed by atoms with E-state index in [1.165, 1.54) is 6.42 Å². The van der Waals surface area contributed by atoms with Crippen LogP contribution in [0.3, 0.4) is 0 Å². The maximum atomic E-state index is 13.4. The number of carbonyl (C=O) groups is 1. The predicted molar refractivity (Wildman–Crippen MR) is 109 cm³/mol. The molecule has 5 nitrogen and oxygen atoms in total. The molecule has 1 saturated carbocycles. The van der Waals surface area contributed by atoms with Crippen LogP contribution < -0.4 is 19.5 Å². The zero-order valence-electron chi connectivity index (χ0n) is 16.9. The van der Waals surface area contributed by atoms with Gasteiger partial charge in [0.1, 0.15) is 17.2 Å². The van der Waals surface area contributed by atoms with Gasteiger partial charge >= 0.3 is 0 Å². The van der Waals surface area contributed by atoms with Crippen LogP contribution in [0, 0.1) is 0 Å². The van der Waals surface area contributed by atoms with Crippen molar-refractivity contribution in [3.05, 3.63) is 53.6 Å². The molecule has 3 rings (SSSR count). The molecule has 28 heavy (non-hydrogen) atoms. The minimum absolute atomic E-state index is 0.0789. The molecule has 0 spiro atoms. The van der Waals surface area contributed by atoms with Crippen LogP contribution in [0.4, 0.5) is 0 Å². The van der Waals surface area contributed by atoms with Crippen molar-refractivity contribution in [2.24, 2.45) is 0 Å². The number of hydrogen-bond donors (Lipinski definition) is 1. The number of methoxy groups -OCH3 is 3. The van der Waals surface area contributed by atoms with Gasteiger partial charge in [0, 0.05) is 18.2 Å². The Hall–Kier alpha value is -2.69. The lowest BCUT2D eigenvalue weighted by Gasteiger charge is -2.36. The monoisotopic (exact) mass is 383 g/mol. The summed E-state index contributed by atoms with van der Waals surface area (Å²) < 4.78 is 16.0. The second-order valence-corrected chi connectivity index (χ2v) is 7.23. The van der Waals surface area contributed by atoms with Crippen molar-refractivity contribution in [2.45, 2.75) is 44.1 Å². The number of amides is 1. The smallest absolute Gasteiger partial charge is 0.230 e. The first-order valence-corrected chi connectivity index (χ1v) is 9.76. The molecule has 1 aliphatic carbocycles.